The van der Waals surface area contributed by atoms with E-state index < -0.39 is 5.91 Å². The van der Waals surface area contributed by atoms with Crippen molar-refractivity contribution in [2.75, 3.05) is 12.4 Å². The van der Waals surface area contributed by atoms with Crippen molar-refractivity contribution in [1.82, 2.24) is 4.57 Å². The van der Waals surface area contributed by atoms with Crippen LogP contribution in [0.3, 0.4) is 0 Å². The zero-order valence-electron chi connectivity index (χ0n) is 14.5. The van der Waals surface area contributed by atoms with Crippen LogP contribution in [0.25, 0.3) is 11.8 Å². The number of hydrogen-bond acceptors (Lipinski definition) is 3. The summed E-state index contributed by atoms with van der Waals surface area (Å²) in [6, 6.07) is 18.6. The van der Waals surface area contributed by atoms with E-state index in [2.05, 4.69) is 21.2 Å². The molecule has 0 bridgehead atoms. The third-order valence-corrected chi connectivity index (χ3v) is 4.34. The largest absolute Gasteiger partial charge is 0.497 e. The van der Waals surface area contributed by atoms with Crippen LogP contribution in [0, 0.1) is 11.3 Å². The van der Waals surface area contributed by atoms with Gasteiger partial charge in [-0.15, -0.1) is 0 Å². The van der Waals surface area contributed by atoms with E-state index in [1.807, 2.05) is 65.5 Å². The molecular formula is C21H16BrN3O2. The van der Waals surface area contributed by atoms with Gasteiger partial charge in [0, 0.05) is 28.2 Å². The fourth-order valence-corrected chi connectivity index (χ4v) is 2.89. The monoisotopic (exact) mass is 421 g/mol. The first-order valence-electron chi connectivity index (χ1n) is 8.10. The molecule has 0 atom stereocenters. The Bertz CT molecular complexity index is 1030. The molecule has 2 aromatic carbocycles. The second-order valence-electron chi connectivity index (χ2n) is 5.68. The maximum atomic E-state index is 12.4. The van der Waals surface area contributed by atoms with E-state index in [4.69, 9.17) is 4.74 Å². The van der Waals surface area contributed by atoms with E-state index in [-0.39, 0.29) is 5.57 Å². The quantitative estimate of drug-likeness (QED) is 0.475. The molecule has 0 aliphatic heterocycles. The molecule has 0 unspecified atom stereocenters. The first-order chi connectivity index (χ1) is 13.1. The third-order valence-electron chi connectivity index (χ3n) is 3.84. The number of carbonyl (C=O) groups excluding carboxylic acids is 1. The molecule has 0 aliphatic carbocycles. The molecule has 3 aromatic rings. The molecule has 3 rings (SSSR count). The summed E-state index contributed by atoms with van der Waals surface area (Å²) < 4.78 is 7.91. The summed E-state index contributed by atoms with van der Waals surface area (Å²) in [5, 5.41) is 12.1. The Morgan fingerprint density at radius 2 is 2.00 bits per heavy atom. The van der Waals surface area contributed by atoms with Crippen molar-refractivity contribution in [2.24, 2.45) is 0 Å². The number of benzene rings is 2. The predicted octanol–water partition coefficient (Wildman–Crippen LogP) is 4.79. The first kappa shape index (κ1) is 18.5. The van der Waals surface area contributed by atoms with Crippen molar-refractivity contribution in [3.8, 4) is 17.5 Å². The Kier molecular flexibility index (Phi) is 5.74. The van der Waals surface area contributed by atoms with E-state index >= 15 is 0 Å². The number of methoxy groups -OCH3 is 1. The second-order valence-corrected chi connectivity index (χ2v) is 6.60. The highest BCUT2D eigenvalue weighted by molar-refractivity contribution is 9.10. The number of carbonyl (C=O) groups is 1. The van der Waals surface area contributed by atoms with Gasteiger partial charge < -0.3 is 14.6 Å². The molecule has 1 amide bonds. The summed E-state index contributed by atoms with van der Waals surface area (Å²) in [5.74, 6) is 0.329. The number of halogens is 1. The third kappa shape index (κ3) is 4.66. The molecule has 134 valence electrons. The molecule has 1 aromatic heterocycles. The number of hydrogen-bond donors (Lipinski definition) is 1. The van der Waals surface area contributed by atoms with E-state index in [1.165, 1.54) is 0 Å². The van der Waals surface area contributed by atoms with Gasteiger partial charge in [-0.1, -0.05) is 22.0 Å². The second kappa shape index (κ2) is 8.39. The molecule has 0 saturated heterocycles. The van der Waals surface area contributed by atoms with E-state index in [9.17, 15) is 10.1 Å². The minimum atomic E-state index is -0.451. The number of nitrogens with zero attached hydrogens (tertiary/aromatic N) is 2. The van der Waals surface area contributed by atoms with E-state index in [0.29, 0.717) is 5.69 Å². The Morgan fingerprint density at radius 3 is 2.67 bits per heavy atom. The van der Waals surface area contributed by atoms with E-state index in [0.717, 1.165) is 21.5 Å². The summed E-state index contributed by atoms with van der Waals surface area (Å²) >= 11 is 3.35. The summed E-state index contributed by atoms with van der Waals surface area (Å²) in [6.45, 7) is 0. The number of aromatic nitrogens is 1. The number of ether oxygens (including phenoxy) is 1. The first-order valence-corrected chi connectivity index (χ1v) is 8.89. The fraction of sp³-hybridized carbons (Fsp3) is 0.0476. The van der Waals surface area contributed by atoms with Crippen LogP contribution in [-0.2, 0) is 4.79 Å². The van der Waals surface area contributed by atoms with Crippen molar-refractivity contribution in [3.05, 3.63) is 82.6 Å². The number of amides is 1. The van der Waals surface area contributed by atoms with Gasteiger partial charge in [0.1, 0.15) is 17.4 Å². The van der Waals surface area contributed by atoms with E-state index in [1.54, 1.807) is 25.3 Å². The van der Waals surface area contributed by atoms with Crippen LogP contribution in [0.2, 0.25) is 0 Å². The lowest BCUT2D eigenvalue weighted by Crippen LogP contribution is -2.13. The maximum Gasteiger partial charge on any atom is 0.266 e. The number of nitriles is 1. The normalized spacial score (nSPS) is 10.9. The van der Waals surface area contributed by atoms with Gasteiger partial charge in [0.05, 0.1) is 7.11 Å². The Morgan fingerprint density at radius 1 is 1.22 bits per heavy atom. The lowest BCUT2D eigenvalue weighted by atomic mass is 10.2. The Balaban J connectivity index is 1.78. The van der Waals surface area contributed by atoms with Crippen LogP contribution in [0.4, 0.5) is 5.69 Å². The topological polar surface area (TPSA) is 67.0 Å². The zero-order valence-corrected chi connectivity index (χ0v) is 16.1. The molecule has 0 fully saturated rings. The van der Waals surface area contributed by atoms with Crippen molar-refractivity contribution in [1.29, 1.82) is 5.26 Å². The lowest BCUT2D eigenvalue weighted by Gasteiger charge is -2.05. The average Bonchev–Trinajstić information content (AvgIpc) is 3.14. The molecule has 5 nitrogen and oxygen atoms in total. The highest BCUT2D eigenvalue weighted by Crippen LogP contribution is 2.19. The molecule has 6 heteroatoms. The molecule has 0 saturated carbocycles. The highest BCUT2D eigenvalue weighted by Gasteiger charge is 2.10. The number of nitrogens with one attached hydrogen (secondary N) is 1. The van der Waals surface area contributed by atoms with Gasteiger partial charge in [-0.3, -0.25) is 4.79 Å². The molecular weight excluding hydrogens is 406 g/mol. The minimum absolute atomic E-state index is 0.0301. The van der Waals surface area contributed by atoms with Crippen molar-refractivity contribution in [2.45, 2.75) is 0 Å². The van der Waals surface area contributed by atoms with Crippen molar-refractivity contribution in [3.63, 3.8) is 0 Å². The van der Waals surface area contributed by atoms with Gasteiger partial charge in [-0.2, -0.15) is 5.26 Å². The Hall–Kier alpha value is -3.30. The van der Waals surface area contributed by atoms with Gasteiger partial charge >= 0.3 is 0 Å². The summed E-state index contributed by atoms with van der Waals surface area (Å²) in [4.78, 5) is 12.4. The average molecular weight is 422 g/mol. The molecule has 0 aliphatic rings. The molecule has 0 spiro atoms. The van der Waals surface area contributed by atoms with Gasteiger partial charge in [0.25, 0.3) is 5.91 Å². The smallest absolute Gasteiger partial charge is 0.266 e. The fourth-order valence-electron chi connectivity index (χ4n) is 2.49. The van der Waals surface area contributed by atoms with Crippen molar-refractivity contribution < 1.29 is 9.53 Å². The van der Waals surface area contributed by atoms with Crippen molar-refractivity contribution >= 4 is 33.6 Å². The van der Waals surface area contributed by atoms with Crippen LogP contribution in [0.5, 0.6) is 5.75 Å². The molecule has 0 radical (unpaired) electrons. The molecule has 1 N–H and O–H groups in total. The molecule has 27 heavy (non-hydrogen) atoms. The summed E-state index contributed by atoms with van der Waals surface area (Å²) in [7, 11) is 1.62. The van der Waals surface area contributed by atoms with Gasteiger partial charge in [-0.25, -0.2) is 0 Å². The summed E-state index contributed by atoms with van der Waals surface area (Å²) in [6.07, 6.45) is 5.29. The minimum Gasteiger partial charge on any atom is -0.497 e. The zero-order chi connectivity index (χ0) is 19.2. The van der Waals surface area contributed by atoms with Crippen LogP contribution in [-0.4, -0.2) is 17.6 Å². The predicted molar refractivity (Wildman–Crippen MR) is 109 cm³/mol. The molecule has 1 heterocycles. The summed E-state index contributed by atoms with van der Waals surface area (Å²) in [5.41, 5.74) is 2.35. The SMILES string of the molecule is COc1ccc(-n2ccc(/C=C(\C#N)C(=O)Nc3cccc(Br)c3)c2)cc1. The Labute approximate surface area is 165 Å². The highest BCUT2D eigenvalue weighted by atomic mass is 79.9. The van der Waals surface area contributed by atoms with Gasteiger partial charge in [0.2, 0.25) is 0 Å². The van der Waals surface area contributed by atoms with Gasteiger partial charge in [-0.05, 0) is 60.2 Å². The van der Waals surface area contributed by atoms with Crippen LogP contribution < -0.4 is 10.1 Å². The number of rotatable bonds is 5. The standard InChI is InChI=1S/C21H16BrN3O2/c1-27-20-7-5-19(6-8-20)25-10-9-15(14-25)11-16(13-23)21(26)24-18-4-2-3-17(22)12-18/h2-12,14H,1H3,(H,24,26)/b16-11+. The van der Waals surface area contributed by atoms with Crippen LogP contribution in [0.15, 0.2) is 77.0 Å². The van der Waals surface area contributed by atoms with Crippen LogP contribution in [0.1, 0.15) is 5.56 Å². The lowest BCUT2D eigenvalue weighted by molar-refractivity contribution is -0.112. The maximum absolute atomic E-state index is 12.4. The number of anilines is 1. The van der Waals surface area contributed by atoms with Gasteiger partial charge in [0.15, 0.2) is 0 Å². The van der Waals surface area contributed by atoms with Crippen LogP contribution >= 0.6 is 15.9 Å².